The van der Waals surface area contributed by atoms with Crippen molar-refractivity contribution in [1.82, 2.24) is 5.32 Å². The normalized spacial score (nSPS) is 13.6. The SMILES string of the molecule is CCNC(c1sccc1Cl)C(F)F. The van der Waals surface area contributed by atoms with Crippen LogP contribution in [0.1, 0.15) is 17.8 Å². The van der Waals surface area contributed by atoms with Crippen LogP contribution in [0.3, 0.4) is 0 Å². The molecule has 1 aromatic rings. The minimum absolute atomic E-state index is 0.413. The lowest BCUT2D eigenvalue weighted by atomic mass is 10.2. The van der Waals surface area contributed by atoms with Crippen molar-refractivity contribution in [1.29, 1.82) is 0 Å². The molecule has 0 amide bonds. The molecular weight excluding hydrogens is 216 g/mol. The molecule has 1 aromatic heterocycles. The van der Waals surface area contributed by atoms with Gasteiger partial charge in [0.05, 0.1) is 5.02 Å². The van der Waals surface area contributed by atoms with E-state index >= 15 is 0 Å². The zero-order chi connectivity index (χ0) is 9.84. The molecule has 0 spiro atoms. The first-order chi connectivity index (χ1) is 6.16. The maximum Gasteiger partial charge on any atom is 0.258 e. The third kappa shape index (κ3) is 2.62. The van der Waals surface area contributed by atoms with Crippen LogP contribution in [-0.4, -0.2) is 13.0 Å². The zero-order valence-corrected chi connectivity index (χ0v) is 8.63. The Morgan fingerprint density at radius 3 is 2.69 bits per heavy atom. The van der Waals surface area contributed by atoms with E-state index in [0.717, 1.165) is 0 Å². The molecule has 0 fully saturated rings. The van der Waals surface area contributed by atoms with Crippen LogP contribution in [0.15, 0.2) is 11.4 Å². The highest BCUT2D eigenvalue weighted by molar-refractivity contribution is 7.10. The van der Waals surface area contributed by atoms with Crippen molar-refractivity contribution in [2.45, 2.75) is 19.4 Å². The Bertz CT molecular complexity index is 264. The Kier molecular flexibility index (Phi) is 4.09. The number of nitrogens with one attached hydrogen (secondary N) is 1. The topological polar surface area (TPSA) is 12.0 Å². The number of alkyl halides is 2. The van der Waals surface area contributed by atoms with E-state index in [0.29, 0.717) is 16.4 Å². The number of thiophene rings is 1. The van der Waals surface area contributed by atoms with Gasteiger partial charge in [0.25, 0.3) is 6.43 Å². The van der Waals surface area contributed by atoms with Crippen molar-refractivity contribution in [3.63, 3.8) is 0 Å². The van der Waals surface area contributed by atoms with E-state index < -0.39 is 12.5 Å². The highest BCUT2D eigenvalue weighted by atomic mass is 35.5. The van der Waals surface area contributed by atoms with Crippen molar-refractivity contribution < 1.29 is 8.78 Å². The monoisotopic (exact) mass is 225 g/mol. The molecule has 0 radical (unpaired) electrons. The van der Waals surface area contributed by atoms with Crippen LogP contribution < -0.4 is 5.32 Å². The molecule has 0 bridgehead atoms. The van der Waals surface area contributed by atoms with E-state index in [-0.39, 0.29) is 0 Å². The molecule has 0 saturated heterocycles. The summed E-state index contributed by atoms with van der Waals surface area (Å²) in [4.78, 5) is 0.513. The van der Waals surface area contributed by atoms with E-state index in [1.807, 2.05) is 0 Å². The van der Waals surface area contributed by atoms with Gasteiger partial charge in [-0.25, -0.2) is 8.78 Å². The maximum atomic E-state index is 12.5. The molecule has 0 saturated carbocycles. The maximum absolute atomic E-state index is 12.5. The van der Waals surface area contributed by atoms with E-state index in [1.165, 1.54) is 11.3 Å². The standard InChI is InChI=1S/C8H10ClF2NS/c1-2-12-6(8(10)11)7-5(9)3-4-13-7/h3-4,6,8,12H,2H2,1H3. The Morgan fingerprint density at radius 2 is 2.31 bits per heavy atom. The van der Waals surface area contributed by atoms with E-state index in [2.05, 4.69) is 5.32 Å². The van der Waals surface area contributed by atoms with Gasteiger partial charge in [-0.05, 0) is 18.0 Å². The lowest BCUT2D eigenvalue weighted by Crippen LogP contribution is -2.26. The molecular formula is C8H10ClF2NS. The summed E-state index contributed by atoms with van der Waals surface area (Å²) in [5, 5.41) is 4.83. The average molecular weight is 226 g/mol. The van der Waals surface area contributed by atoms with Crippen molar-refractivity contribution in [2.24, 2.45) is 0 Å². The number of halogens is 3. The molecule has 0 aromatic carbocycles. The van der Waals surface area contributed by atoms with Crippen LogP contribution in [0.25, 0.3) is 0 Å². The molecule has 1 nitrogen and oxygen atoms in total. The quantitative estimate of drug-likeness (QED) is 0.829. The first-order valence-corrected chi connectivity index (χ1v) is 5.17. The predicted octanol–water partition coefficient (Wildman–Crippen LogP) is 3.32. The molecule has 1 heterocycles. The van der Waals surface area contributed by atoms with E-state index in [1.54, 1.807) is 18.4 Å². The summed E-state index contributed by atoms with van der Waals surface area (Å²) in [7, 11) is 0. The minimum atomic E-state index is -2.42. The summed E-state index contributed by atoms with van der Waals surface area (Å²) in [6.45, 7) is 2.29. The third-order valence-corrected chi connectivity index (χ3v) is 3.04. The van der Waals surface area contributed by atoms with Crippen LogP contribution in [-0.2, 0) is 0 Å². The Morgan fingerprint density at radius 1 is 1.62 bits per heavy atom. The molecule has 13 heavy (non-hydrogen) atoms. The van der Waals surface area contributed by atoms with Gasteiger partial charge in [0.1, 0.15) is 6.04 Å². The highest BCUT2D eigenvalue weighted by Crippen LogP contribution is 2.31. The largest absolute Gasteiger partial charge is 0.305 e. The minimum Gasteiger partial charge on any atom is -0.305 e. The summed E-state index contributed by atoms with van der Waals surface area (Å²) < 4.78 is 25.0. The number of hydrogen-bond acceptors (Lipinski definition) is 2. The second kappa shape index (κ2) is 4.88. The van der Waals surface area contributed by atoms with Gasteiger partial charge in [0, 0.05) is 4.88 Å². The molecule has 5 heteroatoms. The summed E-state index contributed by atoms with van der Waals surface area (Å²) in [5.41, 5.74) is 0. The van der Waals surface area contributed by atoms with Gasteiger partial charge in [0.2, 0.25) is 0 Å². The summed E-state index contributed by atoms with van der Waals surface area (Å²) in [6.07, 6.45) is -2.42. The molecule has 0 aliphatic heterocycles. The summed E-state index contributed by atoms with van der Waals surface area (Å²) >= 11 is 7.00. The molecule has 1 atom stereocenters. The molecule has 1 N–H and O–H groups in total. The van der Waals surface area contributed by atoms with Gasteiger partial charge in [-0.15, -0.1) is 11.3 Å². The van der Waals surface area contributed by atoms with Gasteiger partial charge in [-0.3, -0.25) is 0 Å². The highest BCUT2D eigenvalue weighted by Gasteiger charge is 2.24. The van der Waals surface area contributed by atoms with Crippen molar-refractivity contribution >= 4 is 22.9 Å². The molecule has 0 aliphatic rings. The molecule has 74 valence electrons. The van der Waals surface area contributed by atoms with Crippen LogP contribution in [0.5, 0.6) is 0 Å². The Balaban J connectivity index is 2.82. The van der Waals surface area contributed by atoms with Crippen molar-refractivity contribution in [3.8, 4) is 0 Å². The van der Waals surface area contributed by atoms with Crippen LogP contribution >= 0.6 is 22.9 Å². The number of hydrogen-bond donors (Lipinski definition) is 1. The van der Waals surface area contributed by atoms with E-state index in [9.17, 15) is 8.78 Å². The zero-order valence-electron chi connectivity index (χ0n) is 7.06. The first kappa shape index (κ1) is 10.9. The lowest BCUT2D eigenvalue weighted by Gasteiger charge is -2.15. The molecule has 0 aliphatic carbocycles. The summed E-state index contributed by atoms with van der Waals surface area (Å²) in [5.74, 6) is 0. The Hall–Kier alpha value is -0.190. The average Bonchev–Trinajstić information content (AvgIpc) is 2.47. The van der Waals surface area contributed by atoms with Crippen molar-refractivity contribution in [3.05, 3.63) is 21.3 Å². The van der Waals surface area contributed by atoms with Crippen molar-refractivity contribution in [2.75, 3.05) is 6.54 Å². The van der Waals surface area contributed by atoms with Crippen LogP contribution in [0.2, 0.25) is 5.02 Å². The fraction of sp³-hybridized carbons (Fsp3) is 0.500. The van der Waals surface area contributed by atoms with Gasteiger partial charge >= 0.3 is 0 Å². The Labute approximate surface area is 84.7 Å². The van der Waals surface area contributed by atoms with Gasteiger partial charge < -0.3 is 5.32 Å². The number of rotatable bonds is 4. The van der Waals surface area contributed by atoms with Crippen LogP contribution in [0.4, 0.5) is 8.78 Å². The van der Waals surface area contributed by atoms with E-state index in [4.69, 9.17) is 11.6 Å². The summed E-state index contributed by atoms with van der Waals surface area (Å²) in [6, 6.07) is 0.700. The third-order valence-electron chi connectivity index (χ3n) is 1.60. The fourth-order valence-corrected chi connectivity index (χ4v) is 2.30. The van der Waals surface area contributed by atoms with Crippen LogP contribution in [0, 0.1) is 0 Å². The predicted molar refractivity (Wildman–Crippen MR) is 51.8 cm³/mol. The van der Waals surface area contributed by atoms with Gasteiger partial charge in [-0.2, -0.15) is 0 Å². The van der Waals surface area contributed by atoms with Gasteiger partial charge in [0.15, 0.2) is 0 Å². The molecule has 1 rings (SSSR count). The lowest BCUT2D eigenvalue weighted by molar-refractivity contribution is 0.101. The fourth-order valence-electron chi connectivity index (χ4n) is 1.04. The smallest absolute Gasteiger partial charge is 0.258 e. The second-order valence-corrected chi connectivity index (χ2v) is 3.86. The first-order valence-electron chi connectivity index (χ1n) is 3.91. The van der Waals surface area contributed by atoms with Gasteiger partial charge in [-0.1, -0.05) is 18.5 Å². The molecule has 1 unspecified atom stereocenters. The second-order valence-electron chi connectivity index (χ2n) is 2.50.